The number of thiophene rings is 1. The summed E-state index contributed by atoms with van der Waals surface area (Å²) in [5.74, 6) is 0.890. The Labute approximate surface area is 132 Å². The molecule has 1 aromatic carbocycles. The van der Waals surface area contributed by atoms with Crippen molar-refractivity contribution in [2.24, 2.45) is 0 Å². The van der Waals surface area contributed by atoms with E-state index in [1.807, 2.05) is 35.6 Å². The normalized spacial score (nSPS) is 14.1. The van der Waals surface area contributed by atoms with Gasteiger partial charge in [-0.15, -0.1) is 11.3 Å². The van der Waals surface area contributed by atoms with E-state index in [1.54, 1.807) is 6.33 Å². The Morgan fingerprint density at radius 2 is 2.05 bits per heavy atom. The zero-order chi connectivity index (χ0) is 14.2. The number of rotatable bonds is 2. The lowest BCUT2D eigenvalue weighted by atomic mass is 9.97. The van der Waals surface area contributed by atoms with Gasteiger partial charge in [0.1, 0.15) is 17.0 Å². The SMILES string of the molecule is Clc1cccc(Nc2ncnc3sc4c(c23)CCCC4)c1. The molecule has 0 amide bonds. The molecule has 3 nitrogen and oxygen atoms in total. The van der Waals surface area contributed by atoms with Crippen LogP contribution >= 0.6 is 22.9 Å². The molecule has 2 aromatic heterocycles. The van der Waals surface area contributed by atoms with E-state index in [1.165, 1.54) is 35.1 Å². The lowest BCUT2D eigenvalue weighted by Gasteiger charge is -2.12. The van der Waals surface area contributed by atoms with Crippen LogP contribution in [-0.2, 0) is 12.8 Å². The van der Waals surface area contributed by atoms with E-state index in [4.69, 9.17) is 11.6 Å². The summed E-state index contributed by atoms with van der Waals surface area (Å²) in [4.78, 5) is 11.5. The number of benzene rings is 1. The average Bonchev–Trinajstić information content (AvgIpc) is 2.87. The summed E-state index contributed by atoms with van der Waals surface area (Å²) in [6.45, 7) is 0. The highest BCUT2D eigenvalue weighted by Gasteiger charge is 2.19. The van der Waals surface area contributed by atoms with E-state index in [2.05, 4.69) is 15.3 Å². The van der Waals surface area contributed by atoms with E-state index in [0.717, 1.165) is 27.8 Å². The Kier molecular flexibility index (Phi) is 3.28. The lowest BCUT2D eigenvalue weighted by molar-refractivity contribution is 0.700. The maximum atomic E-state index is 6.05. The number of hydrogen-bond acceptors (Lipinski definition) is 4. The van der Waals surface area contributed by atoms with Crippen molar-refractivity contribution in [3.8, 4) is 0 Å². The molecule has 0 radical (unpaired) electrons. The van der Waals surface area contributed by atoms with Crippen molar-refractivity contribution in [3.05, 3.63) is 46.1 Å². The van der Waals surface area contributed by atoms with Gasteiger partial charge in [-0.1, -0.05) is 17.7 Å². The van der Waals surface area contributed by atoms with Crippen LogP contribution in [0.4, 0.5) is 11.5 Å². The summed E-state index contributed by atoms with van der Waals surface area (Å²) in [5, 5.41) is 5.31. The molecule has 0 bridgehead atoms. The number of hydrogen-bond donors (Lipinski definition) is 1. The fourth-order valence-corrected chi connectivity index (χ4v) is 4.31. The van der Waals surface area contributed by atoms with Gasteiger partial charge >= 0.3 is 0 Å². The predicted octanol–water partition coefficient (Wildman–Crippen LogP) is 4.97. The fraction of sp³-hybridized carbons (Fsp3) is 0.250. The van der Waals surface area contributed by atoms with Crippen LogP contribution in [0, 0.1) is 0 Å². The van der Waals surface area contributed by atoms with Crippen LogP contribution < -0.4 is 5.32 Å². The first-order chi connectivity index (χ1) is 10.3. The third-order valence-corrected chi connectivity index (χ3v) is 5.27. The van der Waals surface area contributed by atoms with Gasteiger partial charge in [-0.2, -0.15) is 0 Å². The third kappa shape index (κ3) is 2.39. The van der Waals surface area contributed by atoms with Crippen LogP contribution in [0.25, 0.3) is 10.2 Å². The average molecular weight is 316 g/mol. The maximum Gasteiger partial charge on any atom is 0.142 e. The van der Waals surface area contributed by atoms with E-state index >= 15 is 0 Å². The number of nitrogens with zero attached hydrogens (tertiary/aromatic N) is 2. The molecule has 0 saturated carbocycles. The molecule has 4 rings (SSSR count). The standard InChI is InChI=1S/C16H14ClN3S/c17-10-4-3-5-11(8-10)20-15-14-12-6-1-2-7-13(12)21-16(14)19-9-18-15/h3-5,8-9H,1-2,6-7H2,(H,18,19,20). The van der Waals surface area contributed by atoms with Gasteiger partial charge < -0.3 is 5.32 Å². The van der Waals surface area contributed by atoms with Crippen molar-refractivity contribution < 1.29 is 0 Å². The lowest BCUT2D eigenvalue weighted by Crippen LogP contribution is -2.00. The Balaban J connectivity index is 1.83. The topological polar surface area (TPSA) is 37.8 Å². The minimum atomic E-state index is 0.720. The first kappa shape index (κ1) is 13.0. The van der Waals surface area contributed by atoms with Crippen LogP contribution in [0.5, 0.6) is 0 Å². The number of fused-ring (bicyclic) bond motifs is 3. The Hall–Kier alpha value is -1.65. The number of anilines is 2. The van der Waals surface area contributed by atoms with Gasteiger partial charge in [0.25, 0.3) is 0 Å². The van der Waals surface area contributed by atoms with Crippen LogP contribution in [0.3, 0.4) is 0 Å². The second kappa shape index (κ2) is 5.28. The van der Waals surface area contributed by atoms with Gasteiger partial charge in [0.05, 0.1) is 5.39 Å². The molecule has 0 aliphatic heterocycles. The molecule has 0 fully saturated rings. The third-order valence-electron chi connectivity index (χ3n) is 3.84. The van der Waals surface area contributed by atoms with Crippen molar-refractivity contribution in [1.29, 1.82) is 0 Å². The second-order valence-electron chi connectivity index (χ2n) is 5.25. The van der Waals surface area contributed by atoms with E-state index in [0.29, 0.717) is 0 Å². The van der Waals surface area contributed by atoms with Gasteiger partial charge in [0.15, 0.2) is 0 Å². The van der Waals surface area contributed by atoms with E-state index in [9.17, 15) is 0 Å². The molecule has 1 N–H and O–H groups in total. The van der Waals surface area contributed by atoms with E-state index < -0.39 is 0 Å². The summed E-state index contributed by atoms with van der Waals surface area (Å²) >= 11 is 7.86. The largest absolute Gasteiger partial charge is 0.340 e. The Morgan fingerprint density at radius 1 is 1.14 bits per heavy atom. The van der Waals surface area contributed by atoms with Crippen molar-refractivity contribution in [3.63, 3.8) is 0 Å². The van der Waals surface area contributed by atoms with Crippen molar-refractivity contribution >= 4 is 44.7 Å². The number of halogens is 1. The molecule has 3 aromatic rings. The molecule has 1 aliphatic rings. The zero-order valence-electron chi connectivity index (χ0n) is 11.4. The first-order valence-corrected chi connectivity index (χ1v) is 8.28. The molecule has 21 heavy (non-hydrogen) atoms. The van der Waals surface area contributed by atoms with Crippen LogP contribution in [0.15, 0.2) is 30.6 Å². The minimum absolute atomic E-state index is 0.720. The smallest absolute Gasteiger partial charge is 0.142 e. The summed E-state index contributed by atoms with van der Waals surface area (Å²) in [7, 11) is 0. The first-order valence-electron chi connectivity index (χ1n) is 7.09. The summed E-state index contributed by atoms with van der Waals surface area (Å²) < 4.78 is 0. The Bertz CT molecular complexity index is 812. The maximum absolute atomic E-state index is 6.05. The van der Waals surface area contributed by atoms with Crippen molar-refractivity contribution in [2.75, 3.05) is 5.32 Å². The second-order valence-corrected chi connectivity index (χ2v) is 6.77. The molecular weight excluding hydrogens is 302 g/mol. The van der Waals surface area contributed by atoms with Crippen LogP contribution in [0.1, 0.15) is 23.3 Å². The number of aryl methyl sites for hydroxylation is 2. The quantitative estimate of drug-likeness (QED) is 0.725. The van der Waals surface area contributed by atoms with Gasteiger partial charge in [-0.05, 0) is 49.4 Å². The summed E-state index contributed by atoms with van der Waals surface area (Å²) in [6, 6.07) is 7.72. The van der Waals surface area contributed by atoms with Crippen molar-refractivity contribution in [1.82, 2.24) is 9.97 Å². The number of aromatic nitrogens is 2. The molecule has 0 saturated heterocycles. The fourth-order valence-electron chi connectivity index (χ4n) is 2.89. The minimum Gasteiger partial charge on any atom is -0.340 e. The predicted molar refractivity (Wildman–Crippen MR) is 88.8 cm³/mol. The molecule has 0 spiro atoms. The highest BCUT2D eigenvalue weighted by Crippen LogP contribution is 2.38. The van der Waals surface area contributed by atoms with Gasteiger partial charge in [0.2, 0.25) is 0 Å². The number of nitrogens with one attached hydrogen (secondary N) is 1. The molecule has 5 heteroatoms. The molecule has 106 valence electrons. The molecule has 0 unspecified atom stereocenters. The van der Waals surface area contributed by atoms with E-state index in [-0.39, 0.29) is 0 Å². The Morgan fingerprint density at radius 3 is 2.95 bits per heavy atom. The van der Waals surface area contributed by atoms with Gasteiger partial charge in [0, 0.05) is 15.6 Å². The van der Waals surface area contributed by atoms with Crippen LogP contribution in [-0.4, -0.2) is 9.97 Å². The van der Waals surface area contributed by atoms with Crippen LogP contribution in [0.2, 0.25) is 5.02 Å². The molecule has 1 aliphatic carbocycles. The monoisotopic (exact) mass is 315 g/mol. The van der Waals surface area contributed by atoms with Crippen molar-refractivity contribution in [2.45, 2.75) is 25.7 Å². The highest BCUT2D eigenvalue weighted by molar-refractivity contribution is 7.19. The molecular formula is C16H14ClN3S. The summed E-state index contributed by atoms with van der Waals surface area (Å²) in [6.07, 6.45) is 6.48. The van der Waals surface area contributed by atoms with Gasteiger partial charge in [-0.25, -0.2) is 9.97 Å². The molecule has 0 atom stereocenters. The zero-order valence-corrected chi connectivity index (χ0v) is 13.0. The molecule has 2 heterocycles. The highest BCUT2D eigenvalue weighted by atomic mass is 35.5. The van der Waals surface area contributed by atoms with Gasteiger partial charge in [-0.3, -0.25) is 0 Å². The summed E-state index contributed by atoms with van der Waals surface area (Å²) in [5.41, 5.74) is 2.39.